The molecule has 2 unspecified atom stereocenters. The number of hydrogen-bond acceptors (Lipinski definition) is 6. The van der Waals surface area contributed by atoms with E-state index in [2.05, 4.69) is 26.1 Å². The molecule has 0 radical (unpaired) electrons. The maximum atomic E-state index is 12.8. The van der Waals surface area contributed by atoms with Gasteiger partial charge in [-0.3, -0.25) is 4.79 Å². The van der Waals surface area contributed by atoms with Crippen LogP contribution in [0.5, 0.6) is 0 Å². The normalized spacial score (nSPS) is 16.2. The van der Waals surface area contributed by atoms with Crippen LogP contribution in [0.4, 0.5) is 5.00 Å². The highest BCUT2D eigenvalue weighted by molar-refractivity contribution is 7.17. The molecule has 0 aliphatic heterocycles. The largest absolute Gasteiger partial charge is 0.462 e. The fourth-order valence-corrected chi connectivity index (χ4v) is 5.16. The fourth-order valence-electron chi connectivity index (χ4n) is 3.76. The van der Waals surface area contributed by atoms with Gasteiger partial charge in [-0.2, -0.15) is 0 Å². The maximum absolute atomic E-state index is 12.8. The molecule has 172 valence electrons. The van der Waals surface area contributed by atoms with Crippen molar-refractivity contribution in [2.24, 2.45) is 5.92 Å². The first-order chi connectivity index (χ1) is 15.2. The van der Waals surface area contributed by atoms with Gasteiger partial charge in [0.2, 0.25) is 0 Å². The average molecular weight is 458 g/mol. The number of anilines is 1. The van der Waals surface area contributed by atoms with Gasteiger partial charge < -0.3 is 14.8 Å². The Balaban J connectivity index is 1.73. The maximum Gasteiger partial charge on any atom is 0.341 e. The number of ether oxygens (including phenoxy) is 2. The second-order valence-electron chi connectivity index (χ2n) is 8.59. The lowest BCUT2D eigenvalue weighted by atomic mass is 9.88. The van der Waals surface area contributed by atoms with Crippen molar-refractivity contribution in [1.82, 2.24) is 0 Å². The smallest absolute Gasteiger partial charge is 0.341 e. The first-order valence-electron chi connectivity index (χ1n) is 11.1. The van der Waals surface area contributed by atoms with E-state index in [9.17, 15) is 14.4 Å². The van der Waals surface area contributed by atoms with Gasteiger partial charge in [-0.25, -0.2) is 9.59 Å². The highest BCUT2D eigenvalue weighted by Crippen LogP contribution is 2.40. The molecule has 1 aromatic carbocycles. The standard InChI is InChI=1S/C25H31NO5S/c1-6-30-25(29)21-19-12-7-15(4)13-20(19)32-23(21)26-22(27)16(5)31-24(28)18-10-8-17(9-11-18)14(2)3/h8-11,14-16H,6-7,12-13H2,1-5H3,(H,26,27). The first kappa shape index (κ1) is 24.0. The molecule has 1 aliphatic carbocycles. The van der Waals surface area contributed by atoms with Gasteiger partial charge in [0, 0.05) is 4.88 Å². The Morgan fingerprint density at radius 1 is 1.12 bits per heavy atom. The Hall–Kier alpha value is -2.67. The molecule has 1 heterocycles. The molecule has 0 saturated heterocycles. The number of esters is 2. The molecule has 6 nitrogen and oxygen atoms in total. The number of nitrogens with one attached hydrogen (secondary N) is 1. The molecule has 3 rings (SSSR count). The Bertz CT molecular complexity index is 993. The number of thiophene rings is 1. The summed E-state index contributed by atoms with van der Waals surface area (Å²) in [5, 5.41) is 3.27. The van der Waals surface area contributed by atoms with Crippen molar-refractivity contribution in [1.29, 1.82) is 0 Å². The molecule has 0 spiro atoms. The fraction of sp³-hybridized carbons (Fsp3) is 0.480. The van der Waals surface area contributed by atoms with Crippen LogP contribution in [0.3, 0.4) is 0 Å². The number of carbonyl (C=O) groups excluding carboxylic acids is 3. The van der Waals surface area contributed by atoms with Crippen molar-refractivity contribution in [3.8, 4) is 0 Å². The first-order valence-corrected chi connectivity index (χ1v) is 12.0. The van der Waals surface area contributed by atoms with Crippen LogP contribution >= 0.6 is 11.3 Å². The van der Waals surface area contributed by atoms with Crippen LogP contribution in [0.1, 0.15) is 83.7 Å². The molecule has 1 amide bonds. The summed E-state index contributed by atoms with van der Waals surface area (Å²) in [6.45, 7) is 9.87. The van der Waals surface area contributed by atoms with Gasteiger partial charge in [0.25, 0.3) is 5.91 Å². The molecule has 1 aromatic heterocycles. The van der Waals surface area contributed by atoms with Crippen LogP contribution in [-0.2, 0) is 27.1 Å². The number of benzene rings is 1. The summed E-state index contributed by atoms with van der Waals surface area (Å²) in [4.78, 5) is 39.0. The molecule has 2 atom stereocenters. The molecule has 1 aliphatic rings. The van der Waals surface area contributed by atoms with E-state index < -0.39 is 23.9 Å². The number of amides is 1. The summed E-state index contributed by atoms with van der Waals surface area (Å²) >= 11 is 1.41. The zero-order valence-corrected chi connectivity index (χ0v) is 20.1. The predicted molar refractivity (Wildman–Crippen MR) is 126 cm³/mol. The summed E-state index contributed by atoms with van der Waals surface area (Å²) in [7, 11) is 0. The second-order valence-corrected chi connectivity index (χ2v) is 9.70. The van der Waals surface area contributed by atoms with E-state index in [4.69, 9.17) is 9.47 Å². The molecule has 0 fully saturated rings. The molecule has 0 bridgehead atoms. The van der Waals surface area contributed by atoms with Gasteiger partial charge >= 0.3 is 11.9 Å². The van der Waals surface area contributed by atoms with E-state index in [1.165, 1.54) is 18.3 Å². The van der Waals surface area contributed by atoms with Crippen LogP contribution < -0.4 is 5.32 Å². The SMILES string of the molecule is CCOC(=O)c1c(NC(=O)C(C)OC(=O)c2ccc(C(C)C)cc2)sc2c1CCC(C)C2. The van der Waals surface area contributed by atoms with E-state index in [0.717, 1.165) is 35.3 Å². The molecule has 1 N–H and O–H groups in total. The number of rotatable bonds is 7. The molecule has 7 heteroatoms. The van der Waals surface area contributed by atoms with Crippen molar-refractivity contribution in [2.75, 3.05) is 11.9 Å². The van der Waals surface area contributed by atoms with Crippen LogP contribution in [0.2, 0.25) is 0 Å². The van der Waals surface area contributed by atoms with E-state index in [1.807, 2.05) is 12.1 Å². The highest BCUT2D eigenvalue weighted by atomic mass is 32.1. The molecular weight excluding hydrogens is 426 g/mol. The lowest BCUT2D eigenvalue weighted by Gasteiger charge is -2.18. The topological polar surface area (TPSA) is 81.7 Å². The van der Waals surface area contributed by atoms with Crippen LogP contribution in [0.25, 0.3) is 0 Å². The van der Waals surface area contributed by atoms with E-state index >= 15 is 0 Å². The second kappa shape index (κ2) is 10.3. The van der Waals surface area contributed by atoms with Crippen LogP contribution in [-0.4, -0.2) is 30.6 Å². The number of fused-ring (bicyclic) bond motifs is 1. The summed E-state index contributed by atoms with van der Waals surface area (Å²) in [6, 6.07) is 7.18. The van der Waals surface area contributed by atoms with Gasteiger partial charge in [-0.15, -0.1) is 11.3 Å². The zero-order valence-electron chi connectivity index (χ0n) is 19.3. The molecule has 2 aromatic rings. The third kappa shape index (κ3) is 5.38. The number of hydrogen-bond donors (Lipinski definition) is 1. The molecular formula is C25H31NO5S. The molecule has 32 heavy (non-hydrogen) atoms. The van der Waals surface area contributed by atoms with Gasteiger partial charge in [0.1, 0.15) is 5.00 Å². The van der Waals surface area contributed by atoms with Crippen molar-refractivity contribution < 1.29 is 23.9 Å². The average Bonchev–Trinajstić information content (AvgIpc) is 3.10. The zero-order chi connectivity index (χ0) is 23.4. The van der Waals surface area contributed by atoms with Crippen molar-refractivity contribution in [3.05, 3.63) is 51.4 Å². The third-order valence-corrected chi connectivity index (χ3v) is 6.86. The summed E-state index contributed by atoms with van der Waals surface area (Å²) in [6.07, 6.45) is 1.64. The monoisotopic (exact) mass is 457 g/mol. The Labute approximate surface area is 193 Å². The minimum absolute atomic E-state index is 0.261. The number of carbonyl (C=O) groups is 3. The summed E-state index contributed by atoms with van der Waals surface area (Å²) < 4.78 is 10.6. The predicted octanol–water partition coefficient (Wildman–Crippen LogP) is 5.36. The van der Waals surface area contributed by atoms with Crippen molar-refractivity contribution in [2.45, 2.75) is 65.9 Å². The van der Waals surface area contributed by atoms with E-state index in [-0.39, 0.29) is 6.61 Å². The summed E-state index contributed by atoms with van der Waals surface area (Å²) in [5.74, 6) is -0.577. The van der Waals surface area contributed by atoms with E-state index in [0.29, 0.717) is 28.0 Å². The minimum Gasteiger partial charge on any atom is -0.462 e. The minimum atomic E-state index is -1.01. The lowest BCUT2D eigenvalue weighted by molar-refractivity contribution is -0.123. The Morgan fingerprint density at radius 2 is 1.81 bits per heavy atom. The highest BCUT2D eigenvalue weighted by Gasteiger charge is 2.30. The summed E-state index contributed by atoms with van der Waals surface area (Å²) in [5.41, 5.74) is 2.92. The van der Waals surface area contributed by atoms with Gasteiger partial charge in [-0.05, 0) is 68.2 Å². The van der Waals surface area contributed by atoms with Gasteiger partial charge in [0.05, 0.1) is 17.7 Å². The van der Waals surface area contributed by atoms with E-state index in [1.54, 1.807) is 19.1 Å². The molecule has 0 saturated carbocycles. The van der Waals surface area contributed by atoms with Gasteiger partial charge in [-0.1, -0.05) is 32.9 Å². The Kier molecular flexibility index (Phi) is 7.72. The van der Waals surface area contributed by atoms with Crippen molar-refractivity contribution in [3.63, 3.8) is 0 Å². The lowest BCUT2D eigenvalue weighted by Crippen LogP contribution is -2.30. The van der Waals surface area contributed by atoms with Crippen LogP contribution in [0.15, 0.2) is 24.3 Å². The van der Waals surface area contributed by atoms with Crippen molar-refractivity contribution >= 4 is 34.2 Å². The van der Waals surface area contributed by atoms with Gasteiger partial charge in [0.15, 0.2) is 6.10 Å². The van der Waals surface area contributed by atoms with Crippen LogP contribution in [0, 0.1) is 5.92 Å². The quantitative estimate of drug-likeness (QED) is 0.566. The Morgan fingerprint density at radius 3 is 2.44 bits per heavy atom. The third-order valence-electron chi connectivity index (χ3n) is 5.69.